The summed E-state index contributed by atoms with van der Waals surface area (Å²) in [6, 6.07) is 14.1. The van der Waals surface area contributed by atoms with E-state index in [1.807, 2.05) is 19.2 Å². The average Bonchev–Trinajstić information content (AvgIpc) is 2.80. The maximum absolute atomic E-state index is 12.2. The SMILES string of the molecule is CN1CCc2cc(NS(=O)(=O)c3ccccc3)ccc21. The van der Waals surface area contributed by atoms with E-state index in [1.54, 1.807) is 36.4 Å². The van der Waals surface area contributed by atoms with Crippen LogP contribution in [0.25, 0.3) is 0 Å². The first-order valence-electron chi connectivity index (χ1n) is 6.48. The summed E-state index contributed by atoms with van der Waals surface area (Å²) < 4.78 is 27.1. The molecule has 0 aliphatic carbocycles. The Morgan fingerprint density at radius 2 is 1.85 bits per heavy atom. The minimum Gasteiger partial charge on any atom is -0.374 e. The van der Waals surface area contributed by atoms with Crippen LogP contribution in [0.4, 0.5) is 11.4 Å². The largest absolute Gasteiger partial charge is 0.374 e. The van der Waals surface area contributed by atoms with Crippen molar-refractivity contribution in [3.63, 3.8) is 0 Å². The van der Waals surface area contributed by atoms with Gasteiger partial charge in [0.15, 0.2) is 0 Å². The van der Waals surface area contributed by atoms with Gasteiger partial charge in [0.1, 0.15) is 0 Å². The predicted molar refractivity (Wildman–Crippen MR) is 80.7 cm³/mol. The molecular weight excluding hydrogens is 272 g/mol. The second-order valence-corrected chi connectivity index (χ2v) is 6.62. The van der Waals surface area contributed by atoms with Crippen LogP contribution in [0.15, 0.2) is 53.4 Å². The maximum Gasteiger partial charge on any atom is 0.261 e. The van der Waals surface area contributed by atoms with E-state index >= 15 is 0 Å². The molecule has 2 aromatic carbocycles. The number of fused-ring (bicyclic) bond motifs is 1. The van der Waals surface area contributed by atoms with Gasteiger partial charge < -0.3 is 4.90 Å². The molecule has 20 heavy (non-hydrogen) atoms. The van der Waals surface area contributed by atoms with E-state index < -0.39 is 10.0 Å². The second-order valence-electron chi connectivity index (χ2n) is 4.93. The van der Waals surface area contributed by atoms with E-state index in [9.17, 15) is 8.42 Å². The van der Waals surface area contributed by atoms with Crippen LogP contribution in [0.3, 0.4) is 0 Å². The molecule has 0 unspecified atom stereocenters. The fourth-order valence-electron chi connectivity index (χ4n) is 2.44. The number of nitrogens with zero attached hydrogens (tertiary/aromatic N) is 1. The van der Waals surface area contributed by atoms with E-state index in [0.717, 1.165) is 13.0 Å². The third-order valence-corrected chi connectivity index (χ3v) is 4.91. The van der Waals surface area contributed by atoms with Crippen LogP contribution in [0.2, 0.25) is 0 Å². The molecule has 0 radical (unpaired) electrons. The molecule has 0 bridgehead atoms. The Bertz CT molecular complexity index is 727. The molecule has 0 fully saturated rings. The Labute approximate surface area is 119 Å². The standard InChI is InChI=1S/C15H16N2O2S/c1-17-10-9-12-11-13(7-8-15(12)17)16-20(18,19)14-5-3-2-4-6-14/h2-8,11,16H,9-10H2,1H3. The lowest BCUT2D eigenvalue weighted by Crippen LogP contribution is -2.13. The number of sulfonamides is 1. The molecule has 1 heterocycles. The van der Waals surface area contributed by atoms with E-state index in [2.05, 4.69) is 9.62 Å². The molecule has 0 spiro atoms. The van der Waals surface area contributed by atoms with E-state index in [-0.39, 0.29) is 4.90 Å². The van der Waals surface area contributed by atoms with Gasteiger partial charge in [0.25, 0.3) is 10.0 Å². The van der Waals surface area contributed by atoms with Gasteiger partial charge in [-0.05, 0) is 42.3 Å². The fourth-order valence-corrected chi connectivity index (χ4v) is 3.51. The quantitative estimate of drug-likeness (QED) is 0.944. The Kier molecular flexibility index (Phi) is 3.14. The minimum atomic E-state index is -3.51. The van der Waals surface area contributed by atoms with Gasteiger partial charge in [-0.1, -0.05) is 18.2 Å². The summed E-state index contributed by atoms with van der Waals surface area (Å²) in [6.07, 6.45) is 0.951. The summed E-state index contributed by atoms with van der Waals surface area (Å²) in [7, 11) is -1.47. The maximum atomic E-state index is 12.2. The first-order valence-corrected chi connectivity index (χ1v) is 7.96. The Hall–Kier alpha value is -2.01. The van der Waals surface area contributed by atoms with Crippen molar-refractivity contribution in [2.24, 2.45) is 0 Å². The van der Waals surface area contributed by atoms with E-state index in [0.29, 0.717) is 5.69 Å². The molecule has 104 valence electrons. The van der Waals surface area contributed by atoms with Gasteiger partial charge in [-0.15, -0.1) is 0 Å². The minimum absolute atomic E-state index is 0.276. The molecule has 0 amide bonds. The Morgan fingerprint density at radius 3 is 2.60 bits per heavy atom. The van der Waals surface area contributed by atoms with Gasteiger partial charge in [0, 0.05) is 25.0 Å². The molecule has 5 heteroatoms. The van der Waals surface area contributed by atoms with Crippen molar-refractivity contribution in [3.8, 4) is 0 Å². The van der Waals surface area contributed by atoms with Crippen LogP contribution in [-0.4, -0.2) is 22.0 Å². The molecule has 1 aliphatic heterocycles. The van der Waals surface area contributed by atoms with E-state index in [1.165, 1.54) is 11.3 Å². The number of hydrogen-bond donors (Lipinski definition) is 1. The van der Waals surface area contributed by atoms with Gasteiger partial charge in [-0.2, -0.15) is 0 Å². The molecule has 4 nitrogen and oxygen atoms in total. The zero-order valence-corrected chi connectivity index (χ0v) is 12.0. The predicted octanol–water partition coefficient (Wildman–Crippen LogP) is 2.48. The summed E-state index contributed by atoms with van der Waals surface area (Å²) in [6.45, 7) is 0.976. The highest BCUT2D eigenvalue weighted by Gasteiger charge is 2.18. The molecule has 2 aromatic rings. The topological polar surface area (TPSA) is 49.4 Å². The number of anilines is 2. The zero-order chi connectivity index (χ0) is 14.2. The van der Waals surface area contributed by atoms with Crippen molar-refractivity contribution >= 4 is 21.4 Å². The number of likely N-dealkylation sites (N-methyl/N-ethyl adjacent to an activating group) is 1. The summed E-state index contributed by atoms with van der Waals surface area (Å²) in [4.78, 5) is 2.45. The fraction of sp³-hybridized carbons (Fsp3) is 0.200. The van der Waals surface area contributed by atoms with Crippen molar-refractivity contribution in [2.45, 2.75) is 11.3 Å². The second kappa shape index (κ2) is 4.83. The molecule has 3 rings (SSSR count). The summed E-state index contributed by atoms with van der Waals surface area (Å²) in [5, 5.41) is 0. The molecule has 0 saturated carbocycles. The summed E-state index contributed by atoms with van der Waals surface area (Å²) in [5.41, 5.74) is 2.97. The molecular formula is C15H16N2O2S. The molecule has 1 N–H and O–H groups in total. The van der Waals surface area contributed by atoms with Crippen LogP contribution < -0.4 is 9.62 Å². The van der Waals surface area contributed by atoms with Crippen LogP contribution in [0.1, 0.15) is 5.56 Å². The number of benzene rings is 2. The van der Waals surface area contributed by atoms with Gasteiger partial charge >= 0.3 is 0 Å². The van der Waals surface area contributed by atoms with Gasteiger partial charge in [0.05, 0.1) is 4.90 Å². The first kappa shape index (κ1) is 13.0. The summed E-state index contributed by atoms with van der Waals surface area (Å²) >= 11 is 0. The van der Waals surface area contributed by atoms with Gasteiger partial charge in [0.2, 0.25) is 0 Å². The highest BCUT2D eigenvalue weighted by Crippen LogP contribution is 2.29. The molecule has 1 aliphatic rings. The highest BCUT2D eigenvalue weighted by atomic mass is 32.2. The van der Waals surface area contributed by atoms with Gasteiger partial charge in [-0.3, -0.25) is 4.72 Å². The molecule has 0 atom stereocenters. The molecule has 0 aromatic heterocycles. The summed E-state index contributed by atoms with van der Waals surface area (Å²) in [5.74, 6) is 0. The smallest absolute Gasteiger partial charge is 0.261 e. The van der Waals surface area contributed by atoms with Crippen LogP contribution in [0, 0.1) is 0 Å². The van der Waals surface area contributed by atoms with E-state index in [4.69, 9.17) is 0 Å². The number of nitrogens with one attached hydrogen (secondary N) is 1. The number of hydrogen-bond acceptors (Lipinski definition) is 3. The third-order valence-electron chi connectivity index (χ3n) is 3.51. The average molecular weight is 288 g/mol. The van der Waals surface area contributed by atoms with Crippen LogP contribution in [0.5, 0.6) is 0 Å². The van der Waals surface area contributed by atoms with Crippen molar-refractivity contribution in [2.75, 3.05) is 23.2 Å². The Morgan fingerprint density at radius 1 is 1.10 bits per heavy atom. The van der Waals surface area contributed by atoms with Crippen molar-refractivity contribution in [1.82, 2.24) is 0 Å². The lowest BCUT2D eigenvalue weighted by atomic mass is 10.1. The monoisotopic (exact) mass is 288 g/mol. The normalized spacial score (nSPS) is 14.2. The highest BCUT2D eigenvalue weighted by molar-refractivity contribution is 7.92. The lowest BCUT2D eigenvalue weighted by Gasteiger charge is -2.13. The lowest BCUT2D eigenvalue weighted by molar-refractivity contribution is 0.601. The van der Waals surface area contributed by atoms with Crippen molar-refractivity contribution in [3.05, 3.63) is 54.1 Å². The third kappa shape index (κ3) is 2.36. The first-order chi connectivity index (χ1) is 9.56. The zero-order valence-electron chi connectivity index (χ0n) is 11.2. The Balaban J connectivity index is 1.89. The van der Waals surface area contributed by atoms with Crippen molar-refractivity contribution in [1.29, 1.82) is 0 Å². The number of rotatable bonds is 3. The van der Waals surface area contributed by atoms with Crippen LogP contribution in [-0.2, 0) is 16.4 Å². The van der Waals surface area contributed by atoms with Crippen LogP contribution >= 0.6 is 0 Å². The van der Waals surface area contributed by atoms with Crippen molar-refractivity contribution < 1.29 is 8.42 Å². The van der Waals surface area contributed by atoms with Gasteiger partial charge in [-0.25, -0.2) is 8.42 Å². The molecule has 0 saturated heterocycles.